The summed E-state index contributed by atoms with van der Waals surface area (Å²) in [5, 5.41) is 2.66. The number of thiazole rings is 1. The summed E-state index contributed by atoms with van der Waals surface area (Å²) < 4.78 is 40.4. The molecule has 24 heavy (non-hydrogen) atoms. The van der Waals surface area contributed by atoms with Crippen molar-refractivity contribution in [1.82, 2.24) is 14.6 Å². The average Bonchev–Trinajstić information content (AvgIpc) is 3.01. The molecular formula is C16H22FN3O2S2. The zero-order chi connectivity index (χ0) is 17.7. The van der Waals surface area contributed by atoms with Crippen LogP contribution in [-0.2, 0) is 23.1 Å². The van der Waals surface area contributed by atoms with Crippen LogP contribution in [0.4, 0.5) is 4.39 Å². The Bertz CT molecular complexity index is 786. The first kappa shape index (κ1) is 19.0. The third kappa shape index (κ3) is 4.83. The highest BCUT2D eigenvalue weighted by Gasteiger charge is 2.16. The summed E-state index contributed by atoms with van der Waals surface area (Å²) in [4.78, 5) is 6.76. The molecule has 0 amide bonds. The van der Waals surface area contributed by atoms with Crippen molar-refractivity contribution < 1.29 is 12.8 Å². The summed E-state index contributed by atoms with van der Waals surface area (Å²) in [6, 6.07) is 3.75. The van der Waals surface area contributed by atoms with Gasteiger partial charge < -0.3 is 0 Å². The lowest BCUT2D eigenvalue weighted by Gasteiger charge is -2.15. The van der Waals surface area contributed by atoms with E-state index in [1.54, 1.807) is 0 Å². The first-order valence-corrected chi connectivity index (χ1v) is 10.1. The number of hydrogen-bond donors (Lipinski definition) is 1. The van der Waals surface area contributed by atoms with Crippen LogP contribution >= 0.6 is 11.3 Å². The number of nitrogens with one attached hydrogen (secondary N) is 1. The van der Waals surface area contributed by atoms with E-state index in [4.69, 9.17) is 0 Å². The normalized spacial score (nSPS) is 12.0. The first-order valence-electron chi connectivity index (χ1n) is 7.77. The number of sulfonamides is 1. The Labute approximate surface area is 146 Å². The van der Waals surface area contributed by atoms with Gasteiger partial charge in [-0.1, -0.05) is 13.8 Å². The minimum Gasteiger partial charge on any atom is -0.298 e. The number of nitrogens with zero attached hydrogens (tertiary/aromatic N) is 2. The summed E-state index contributed by atoms with van der Waals surface area (Å²) in [5.74, 6) is -0.421. The minimum atomic E-state index is -3.68. The lowest BCUT2D eigenvalue weighted by atomic mass is 10.2. The molecule has 1 heterocycles. The van der Waals surface area contributed by atoms with E-state index in [1.165, 1.54) is 30.4 Å². The monoisotopic (exact) mass is 371 g/mol. The van der Waals surface area contributed by atoms with E-state index >= 15 is 0 Å². The summed E-state index contributed by atoms with van der Waals surface area (Å²) in [7, 11) is -3.68. The van der Waals surface area contributed by atoms with Gasteiger partial charge in [-0.3, -0.25) is 4.90 Å². The smallest absolute Gasteiger partial charge is 0.240 e. The van der Waals surface area contributed by atoms with Gasteiger partial charge in [0, 0.05) is 11.9 Å². The fraction of sp³-hybridized carbons (Fsp3) is 0.438. The molecule has 0 fully saturated rings. The Hall–Kier alpha value is -1.35. The number of rotatable bonds is 8. The molecule has 1 aromatic carbocycles. The van der Waals surface area contributed by atoms with Gasteiger partial charge in [0.15, 0.2) is 0 Å². The molecule has 0 spiro atoms. The standard InChI is InChI=1S/C16H22FN3O2S2/c1-4-20(5-2)10-13-11-23-16(19-13)9-18-24(21,22)14-6-7-15(17)12(3)8-14/h6-8,11,18H,4-5,9-10H2,1-3H3. The van der Waals surface area contributed by atoms with Gasteiger partial charge in [-0.2, -0.15) is 0 Å². The summed E-state index contributed by atoms with van der Waals surface area (Å²) in [6.07, 6.45) is 0. The maximum Gasteiger partial charge on any atom is 0.240 e. The fourth-order valence-corrected chi connectivity index (χ4v) is 4.09. The van der Waals surface area contributed by atoms with Crippen molar-refractivity contribution in [2.75, 3.05) is 13.1 Å². The molecule has 0 unspecified atom stereocenters. The molecule has 1 aromatic heterocycles. The Balaban J connectivity index is 2.02. The van der Waals surface area contributed by atoms with E-state index in [2.05, 4.69) is 28.5 Å². The van der Waals surface area contributed by atoms with Crippen LogP contribution in [0.5, 0.6) is 0 Å². The lowest BCUT2D eigenvalue weighted by molar-refractivity contribution is 0.292. The highest BCUT2D eigenvalue weighted by molar-refractivity contribution is 7.89. The summed E-state index contributed by atoms with van der Waals surface area (Å²) in [6.45, 7) is 8.49. The second-order valence-corrected chi connectivity index (χ2v) is 8.14. The Morgan fingerprint density at radius 3 is 2.62 bits per heavy atom. The van der Waals surface area contributed by atoms with E-state index in [0.29, 0.717) is 10.6 Å². The summed E-state index contributed by atoms with van der Waals surface area (Å²) in [5.41, 5.74) is 1.24. The molecule has 0 saturated carbocycles. The Kier molecular flexibility index (Phi) is 6.45. The van der Waals surface area contributed by atoms with Gasteiger partial charge >= 0.3 is 0 Å². The van der Waals surface area contributed by atoms with Crippen LogP contribution in [-0.4, -0.2) is 31.4 Å². The largest absolute Gasteiger partial charge is 0.298 e. The van der Waals surface area contributed by atoms with Crippen LogP contribution in [0, 0.1) is 12.7 Å². The van der Waals surface area contributed by atoms with Gasteiger partial charge in [0.25, 0.3) is 0 Å². The van der Waals surface area contributed by atoms with Gasteiger partial charge in [0.1, 0.15) is 10.8 Å². The molecule has 0 radical (unpaired) electrons. The predicted molar refractivity (Wildman–Crippen MR) is 93.9 cm³/mol. The Morgan fingerprint density at radius 2 is 2.00 bits per heavy atom. The highest BCUT2D eigenvalue weighted by Crippen LogP contribution is 2.16. The highest BCUT2D eigenvalue weighted by atomic mass is 32.2. The number of hydrogen-bond acceptors (Lipinski definition) is 5. The number of aryl methyl sites for hydroxylation is 1. The van der Waals surface area contributed by atoms with Crippen LogP contribution in [0.1, 0.15) is 30.1 Å². The molecule has 0 aliphatic carbocycles. The molecule has 0 aliphatic rings. The molecule has 0 aliphatic heterocycles. The number of halogens is 1. The van der Waals surface area contributed by atoms with Crippen molar-refractivity contribution >= 4 is 21.4 Å². The zero-order valence-electron chi connectivity index (χ0n) is 14.0. The van der Waals surface area contributed by atoms with Crippen molar-refractivity contribution in [3.05, 3.63) is 45.7 Å². The lowest BCUT2D eigenvalue weighted by Crippen LogP contribution is -2.24. The van der Waals surface area contributed by atoms with Crippen LogP contribution in [0.3, 0.4) is 0 Å². The van der Waals surface area contributed by atoms with Gasteiger partial charge in [-0.15, -0.1) is 11.3 Å². The van der Waals surface area contributed by atoms with Crippen molar-refractivity contribution in [3.8, 4) is 0 Å². The molecule has 5 nitrogen and oxygen atoms in total. The minimum absolute atomic E-state index is 0.0568. The van der Waals surface area contributed by atoms with Crippen LogP contribution in [0.2, 0.25) is 0 Å². The van der Waals surface area contributed by atoms with Crippen molar-refractivity contribution in [1.29, 1.82) is 0 Å². The maximum atomic E-state index is 13.3. The van der Waals surface area contributed by atoms with Crippen molar-refractivity contribution in [2.45, 2.75) is 38.8 Å². The van der Waals surface area contributed by atoms with E-state index in [9.17, 15) is 12.8 Å². The van der Waals surface area contributed by atoms with E-state index in [0.717, 1.165) is 31.4 Å². The van der Waals surface area contributed by atoms with Gasteiger partial charge in [0.05, 0.1) is 17.1 Å². The van der Waals surface area contributed by atoms with E-state index in [-0.39, 0.29) is 11.4 Å². The Morgan fingerprint density at radius 1 is 1.29 bits per heavy atom. The van der Waals surface area contributed by atoms with Crippen LogP contribution in [0.25, 0.3) is 0 Å². The molecule has 0 atom stereocenters. The molecule has 1 N–H and O–H groups in total. The molecule has 8 heteroatoms. The molecule has 2 rings (SSSR count). The van der Waals surface area contributed by atoms with E-state index < -0.39 is 15.8 Å². The third-order valence-corrected chi connectivity index (χ3v) is 6.03. The topological polar surface area (TPSA) is 62.3 Å². The predicted octanol–water partition coefficient (Wildman–Crippen LogP) is 2.91. The second kappa shape index (κ2) is 8.15. The van der Waals surface area contributed by atoms with Gasteiger partial charge in [0.2, 0.25) is 10.0 Å². The van der Waals surface area contributed by atoms with Crippen molar-refractivity contribution in [3.63, 3.8) is 0 Å². The quantitative estimate of drug-likeness (QED) is 0.775. The maximum absolute atomic E-state index is 13.3. The molecular weight excluding hydrogens is 349 g/mol. The van der Waals surface area contributed by atoms with Gasteiger partial charge in [-0.25, -0.2) is 22.5 Å². The fourth-order valence-electron chi connectivity index (χ4n) is 2.20. The SMILES string of the molecule is CCN(CC)Cc1csc(CNS(=O)(=O)c2ccc(F)c(C)c2)n1. The first-order chi connectivity index (χ1) is 11.4. The third-order valence-electron chi connectivity index (χ3n) is 3.73. The molecule has 132 valence electrons. The average molecular weight is 372 g/mol. The van der Waals surface area contributed by atoms with Crippen LogP contribution in [0.15, 0.2) is 28.5 Å². The second-order valence-electron chi connectivity index (χ2n) is 5.43. The molecule has 2 aromatic rings. The van der Waals surface area contributed by atoms with Crippen LogP contribution < -0.4 is 4.72 Å². The van der Waals surface area contributed by atoms with E-state index in [1.807, 2.05) is 5.38 Å². The molecule has 0 bridgehead atoms. The summed E-state index contributed by atoms with van der Waals surface area (Å²) >= 11 is 1.43. The van der Waals surface area contributed by atoms with Gasteiger partial charge in [-0.05, 0) is 43.8 Å². The zero-order valence-corrected chi connectivity index (χ0v) is 15.7. The van der Waals surface area contributed by atoms with Crippen molar-refractivity contribution in [2.24, 2.45) is 0 Å². The number of benzene rings is 1. The molecule has 0 saturated heterocycles. The number of aromatic nitrogens is 1.